The van der Waals surface area contributed by atoms with Gasteiger partial charge >= 0.3 is 0 Å². The highest BCUT2D eigenvalue weighted by Crippen LogP contribution is 2.36. The average molecular weight is 533 g/mol. The van der Waals surface area contributed by atoms with Crippen molar-refractivity contribution in [3.63, 3.8) is 0 Å². The van der Waals surface area contributed by atoms with Gasteiger partial charge in [-0.15, -0.1) is 10.2 Å². The highest BCUT2D eigenvalue weighted by Gasteiger charge is 2.37. The van der Waals surface area contributed by atoms with E-state index in [0.29, 0.717) is 12.1 Å². The van der Waals surface area contributed by atoms with Crippen molar-refractivity contribution < 1.29 is 5.11 Å². The van der Waals surface area contributed by atoms with E-state index >= 15 is 0 Å². The number of likely N-dealkylation sites (tertiary alicyclic amines) is 2. The molecule has 5 aliphatic heterocycles. The number of benzene rings is 1. The standard InChI is InChI=1S/C30H44N8O/c39-29-4-2-1-3-26(29)27-19-28-30(34-33-27)32-20-25-21-37(17-18-38(25)28)24-9-15-36(16-10-24)23-7-13-35(14-8-23)22-5-11-31-12-6-22/h1-4,19,22-25,31,39H,5-18,20-21H2,(H,32,34)/t25-/m0/s1. The number of para-hydroxylation sites is 1. The van der Waals surface area contributed by atoms with Gasteiger partial charge in [0.25, 0.3) is 0 Å². The summed E-state index contributed by atoms with van der Waals surface area (Å²) < 4.78 is 0. The van der Waals surface area contributed by atoms with Crippen LogP contribution in [0.4, 0.5) is 11.5 Å². The summed E-state index contributed by atoms with van der Waals surface area (Å²) >= 11 is 0. The number of nitrogens with zero attached hydrogens (tertiary/aromatic N) is 6. The molecule has 0 saturated carbocycles. The van der Waals surface area contributed by atoms with Gasteiger partial charge in [-0.25, -0.2) is 0 Å². The zero-order valence-corrected chi connectivity index (χ0v) is 23.1. The van der Waals surface area contributed by atoms with E-state index in [1.807, 2.05) is 18.2 Å². The summed E-state index contributed by atoms with van der Waals surface area (Å²) in [5, 5.41) is 26.3. The van der Waals surface area contributed by atoms with E-state index in [-0.39, 0.29) is 5.75 Å². The van der Waals surface area contributed by atoms with Gasteiger partial charge in [0.15, 0.2) is 5.82 Å². The molecule has 3 N–H and O–H groups in total. The molecule has 5 aliphatic rings. The van der Waals surface area contributed by atoms with Crippen molar-refractivity contribution in [2.45, 2.75) is 62.7 Å². The predicted octanol–water partition coefficient (Wildman–Crippen LogP) is 2.45. The largest absolute Gasteiger partial charge is 0.507 e. The van der Waals surface area contributed by atoms with Crippen LogP contribution in [0.3, 0.4) is 0 Å². The van der Waals surface area contributed by atoms with Crippen molar-refractivity contribution in [2.75, 3.05) is 75.7 Å². The summed E-state index contributed by atoms with van der Waals surface area (Å²) in [6, 6.07) is 12.2. The molecule has 4 saturated heterocycles. The maximum atomic E-state index is 10.3. The third kappa shape index (κ3) is 5.22. The molecule has 0 bridgehead atoms. The van der Waals surface area contributed by atoms with Gasteiger partial charge in [0.2, 0.25) is 0 Å². The van der Waals surface area contributed by atoms with Crippen LogP contribution in [-0.4, -0.2) is 120 Å². The first-order valence-corrected chi connectivity index (χ1v) is 15.3. The molecule has 6 heterocycles. The highest BCUT2D eigenvalue weighted by molar-refractivity contribution is 5.76. The van der Waals surface area contributed by atoms with Gasteiger partial charge in [0.05, 0.1) is 17.4 Å². The van der Waals surface area contributed by atoms with Crippen molar-refractivity contribution in [1.29, 1.82) is 0 Å². The number of phenolic OH excluding ortho intramolecular Hbond substituents is 1. The fourth-order valence-electron chi connectivity index (χ4n) is 7.87. The van der Waals surface area contributed by atoms with Crippen LogP contribution in [0.25, 0.3) is 11.3 Å². The Morgan fingerprint density at radius 2 is 1.38 bits per heavy atom. The van der Waals surface area contributed by atoms with Gasteiger partial charge in [-0.3, -0.25) is 4.90 Å². The first-order valence-electron chi connectivity index (χ1n) is 15.3. The molecule has 1 atom stereocenters. The quantitative estimate of drug-likeness (QED) is 0.550. The van der Waals surface area contributed by atoms with Gasteiger partial charge in [-0.05, 0) is 96.0 Å². The summed E-state index contributed by atoms with van der Waals surface area (Å²) in [6.45, 7) is 11.6. The fourth-order valence-corrected chi connectivity index (χ4v) is 7.87. The second-order valence-electron chi connectivity index (χ2n) is 12.2. The van der Waals surface area contributed by atoms with Crippen LogP contribution in [0.2, 0.25) is 0 Å². The SMILES string of the molecule is Oc1ccccc1-c1cc2c(nn1)NC[C@H]1CN(C3CCN(C4CCN(C5CCNCC5)CC4)CC3)CCN21. The Labute approximate surface area is 232 Å². The van der Waals surface area contributed by atoms with Crippen molar-refractivity contribution in [3.05, 3.63) is 30.3 Å². The summed E-state index contributed by atoms with van der Waals surface area (Å²) in [7, 11) is 0. The third-order valence-electron chi connectivity index (χ3n) is 10.1. The zero-order valence-electron chi connectivity index (χ0n) is 23.1. The molecule has 0 aliphatic carbocycles. The number of phenols is 1. The zero-order chi connectivity index (χ0) is 26.2. The number of piperazine rings is 1. The summed E-state index contributed by atoms with van der Waals surface area (Å²) in [6.07, 6.45) is 7.97. The smallest absolute Gasteiger partial charge is 0.172 e. The number of aromatic hydroxyl groups is 1. The van der Waals surface area contributed by atoms with Crippen molar-refractivity contribution in [3.8, 4) is 17.0 Å². The molecule has 0 spiro atoms. The normalized spacial score (nSPS) is 26.7. The molecular formula is C30H44N8O. The monoisotopic (exact) mass is 532 g/mol. The van der Waals surface area contributed by atoms with Gasteiger partial charge < -0.3 is 30.4 Å². The number of hydrogen-bond donors (Lipinski definition) is 3. The van der Waals surface area contributed by atoms with E-state index in [0.717, 1.165) is 61.0 Å². The van der Waals surface area contributed by atoms with Crippen molar-refractivity contribution in [2.24, 2.45) is 0 Å². The van der Waals surface area contributed by atoms with E-state index < -0.39 is 0 Å². The van der Waals surface area contributed by atoms with Crippen molar-refractivity contribution >= 4 is 11.5 Å². The first-order chi connectivity index (χ1) is 19.2. The van der Waals surface area contributed by atoms with Crippen LogP contribution in [-0.2, 0) is 0 Å². The Kier molecular flexibility index (Phi) is 7.32. The summed E-state index contributed by atoms with van der Waals surface area (Å²) in [5.41, 5.74) is 2.58. The number of anilines is 2. The molecule has 9 nitrogen and oxygen atoms in total. The maximum absolute atomic E-state index is 10.3. The molecule has 4 fully saturated rings. The van der Waals surface area contributed by atoms with Crippen LogP contribution < -0.4 is 15.5 Å². The molecule has 9 heteroatoms. The fraction of sp³-hybridized carbons (Fsp3) is 0.667. The summed E-state index contributed by atoms with van der Waals surface area (Å²) in [5.74, 6) is 1.11. The molecule has 0 unspecified atom stereocenters. The summed E-state index contributed by atoms with van der Waals surface area (Å²) in [4.78, 5) is 10.9. The van der Waals surface area contributed by atoms with Crippen LogP contribution in [0, 0.1) is 0 Å². The minimum Gasteiger partial charge on any atom is -0.507 e. The molecule has 1 aromatic heterocycles. The Balaban J connectivity index is 0.930. The molecule has 0 radical (unpaired) electrons. The van der Waals surface area contributed by atoms with E-state index in [1.54, 1.807) is 6.07 Å². The molecule has 7 rings (SSSR count). The molecular weight excluding hydrogens is 488 g/mol. The Bertz CT molecular complexity index is 1120. The first kappa shape index (κ1) is 25.5. The van der Waals surface area contributed by atoms with Gasteiger partial charge in [-0.1, -0.05) is 12.1 Å². The number of rotatable bonds is 4. The molecule has 210 valence electrons. The van der Waals surface area contributed by atoms with Gasteiger partial charge in [0.1, 0.15) is 5.75 Å². The minimum atomic E-state index is 0.246. The second kappa shape index (κ2) is 11.2. The second-order valence-corrected chi connectivity index (χ2v) is 12.2. The molecule has 2 aromatic rings. The Morgan fingerprint density at radius 1 is 0.718 bits per heavy atom. The number of fused-ring (bicyclic) bond motifs is 3. The van der Waals surface area contributed by atoms with Crippen LogP contribution in [0.15, 0.2) is 30.3 Å². The lowest BCUT2D eigenvalue weighted by Gasteiger charge is -2.50. The lowest BCUT2D eigenvalue weighted by molar-refractivity contribution is 0.0363. The number of aromatic nitrogens is 2. The Hall–Kier alpha value is -2.46. The predicted molar refractivity (Wildman–Crippen MR) is 155 cm³/mol. The lowest BCUT2D eigenvalue weighted by Crippen LogP contribution is -2.61. The van der Waals surface area contributed by atoms with Crippen LogP contribution in [0.1, 0.15) is 38.5 Å². The van der Waals surface area contributed by atoms with E-state index in [9.17, 15) is 5.11 Å². The van der Waals surface area contributed by atoms with Gasteiger partial charge in [0, 0.05) is 49.9 Å². The van der Waals surface area contributed by atoms with Gasteiger partial charge in [-0.2, -0.15) is 0 Å². The van der Waals surface area contributed by atoms with Crippen LogP contribution in [0.5, 0.6) is 5.75 Å². The third-order valence-corrected chi connectivity index (χ3v) is 10.1. The highest BCUT2D eigenvalue weighted by atomic mass is 16.3. The van der Waals surface area contributed by atoms with E-state index in [4.69, 9.17) is 0 Å². The lowest BCUT2D eigenvalue weighted by atomic mass is 9.94. The van der Waals surface area contributed by atoms with Crippen LogP contribution >= 0.6 is 0 Å². The number of nitrogens with one attached hydrogen (secondary N) is 2. The number of piperidine rings is 3. The van der Waals surface area contributed by atoms with Crippen molar-refractivity contribution in [1.82, 2.24) is 30.2 Å². The van der Waals surface area contributed by atoms with E-state index in [1.165, 1.54) is 77.8 Å². The Morgan fingerprint density at radius 3 is 2.10 bits per heavy atom. The van der Waals surface area contributed by atoms with E-state index in [2.05, 4.69) is 46.5 Å². The minimum absolute atomic E-state index is 0.246. The molecule has 39 heavy (non-hydrogen) atoms. The topological polar surface area (TPSA) is 83.0 Å². The maximum Gasteiger partial charge on any atom is 0.172 e. The average Bonchev–Trinajstić information content (AvgIpc) is 3.01. The molecule has 0 amide bonds. The molecule has 1 aromatic carbocycles. The number of hydrogen-bond acceptors (Lipinski definition) is 9.